The van der Waals surface area contributed by atoms with Crippen molar-refractivity contribution in [3.8, 4) is 0 Å². The molecule has 4 heteroatoms. The monoisotopic (exact) mass is 236 g/mol. The number of ether oxygens (including phenoxy) is 1. The van der Waals surface area contributed by atoms with Gasteiger partial charge in [-0.05, 0) is 26.1 Å². The molecule has 0 aliphatic heterocycles. The summed E-state index contributed by atoms with van der Waals surface area (Å²) < 4.78 is 6.91. The van der Waals surface area contributed by atoms with Gasteiger partial charge in [0, 0.05) is 6.54 Å². The zero-order chi connectivity index (χ0) is 11.4. The summed E-state index contributed by atoms with van der Waals surface area (Å²) in [5, 5.41) is 4.13. The van der Waals surface area contributed by atoms with Gasteiger partial charge < -0.3 is 10.1 Å². The maximum Gasteiger partial charge on any atom is 0.120 e. The topological polar surface area (TPSA) is 34.1 Å². The minimum absolute atomic E-state index is 0.219. The Kier molecular flexibility index (Phi) is 3.88. The highest BCUT2D eigenvalue weighted by Crippen LogP contribution is 2.22. The number of nitrogens with one attached hydrogen (secondary N) is 1. The largest absolute Gasteiger partial charge is 0.370 e. The van der Waals surface area contributed by atoms with E-state index in [1.54, 1.807) is 11.3 Å². The summed E-state index contributed by atoms with van der Waals surface area (Å²) in [6, 6.07) is 8.17. The summed E-state index contributed by atoms with van der Waals surface area (Å²) in [7, 11) is 1.93. The Balaban J connectivity index is 1.99. The number of nitrogens with zero attached hydrogens (tertiary/aromatic N) is 1. The Bertz CT molecular complexity index is 422. The first-order chi connectivity index (χ1) is 7.79. The lowest BCUT2D eigenvalue weighted by Gasteiger charge is -2.10. The lowest BCUT2D eigenvalue weighted by atomic mass is 10.3. The van der Waals surface area contributed by atoms with Crippen LogP contribution in [0.3, 0.4) is 0 Å². The Hall–Kier alpha value is -0.970. The van der Waals surface area contributed by atoms with Crippen LogP contribution in [0.5, 0.6) is 0 Å². The average Bonchev–Trinajstić information content (AvgIpc) is 2.69. The molecule has 0 aliphatic carbocycles. The van der Waals surface area contributed by atoms with Gasteiger partial charge in [-0.25, -0.2) is 4.98 Å². The molecule has 0 radical (unpaired) electrons. The van der Waals surface area contributed by atoms with E-state index in [-0.39, 0.29) is 6.10 Å². The first-order valence-corrected chi connectivity index (χ1v) is 6.22. The third kappa shape index (κ3) is 2.78. The van der Waals surface area contributed by atoms with Crippen LogP contribution in [0.15, 0.2) is 24.3 Å². The Morgan fingerprint density at radius 1 is 1.44 bits per heavy atom. The molecule has 1 N–H and O–H groups in total. The molecule has 0 spiro atoms. The fourth-order valence-corrected chi connectivity index (χ4v) is 2.43. The van der Waals surface area contributed by atoms with Crippen LogP contribution in [0.1, 0.15) is 11.9 Å². The zero-order valence-corrected chi connectivity index (χ0v) is 10.4. The molecule has 2 aromatic rings. The van der Waals surface area contributed by atoms with Crippen LogP contribution in [0.4, 0.5) is 0 Å². The molecule has 0 saturated heterocycles. The second-order valence-electron chi connectivity index (χ2n) is 3.75. The molecule has 0 aliphatic rings. The van der Waals surface area contributed by atoms with Crippen molar-refractivity contribution in [2.24, 2.45) is 0 Å². The van der Waals surface area contributed by atoms with Gasteiger partial charge in [0.2, 0.25) is 0 Å². The third-order valence-electron chi connectivity index (χ3n) is 2.32. The molecule has 0 saturated carbocycles. The molecule has 2 rings (SSSR count). The summed E-state index contributed by atoms with van der Waals surface area (Å²) in [5.41, 5.74) is 1.06. The van der Waals surface area contributed by atoms with E-state index in [9.17, 15) is 0 Å². The number of likely N-dealkylation sites (N-methyl/N-ethyl adjacent to an activating group) is 1. The summed E-state index contributed by atoms with van der Waals surface area (Å²) in [4.78, 5) is 4.52. The van der Waals surface area contributed by atoms with E-state index in [4.69, 9.17) is 4.74 Å². The molecule has 1 heterocycles. The fraction of sp³-hybridized carbons (Fsp3) is 0.417. The van der Waals surface area contributed by atoms with Gasteiger partial charge in [0.05, 0.1) is 22.9 Å². The van der Waals surface area contributed by atoms with Crippen LogP contribution in [0.25, 0.3) is 10.2 Å². The molecule has 0 bridgehead atoms. The molecule has 1 aromatic heterocycles. The number of thiazole rings is 1. The fourth-order valence-electron chi connectivity index (χ4n) is 1.54. The number of aromatic nitrogens is 1. The predicted molar refractivity (Wildman–Crippen MR) is 67.8 cm³/mol. The van der Waals surface area contributed by atoms with E-state index in [0.29, 0.717) is 6.61 Å². The standard InChI is InChI=1S/C12H16N2OS/c1-9(7-13-2)15-8-12-14-10-5-3-4-6-11(10)16-12/h3-6,9,13H,7-8H2,1-2H3. The predicted octanol–water partition coefficient (Wildman–Crippen LogP) is 2.42. The first kappa shape index (κ1) is 11.5. The number of hydrogen-bond donors (Lipinski definition) is 1. The van der Waals surface area contributed by atoms with Gasteiger partial charge in [0.1, 0.15) is 5.01 Å². The highest BCUT2D eigenvalue weighted by molar-refractivity contribution is 7.18. The number of hydrogen-bond acceptors (Lipinski definition) is 4. The quantitative estimate of drug-likeness (QED) is 0.865. The second-order valence-corrected chi connectivity index (χ2v) is 4.87. The molecule has 3 nitrogen and oxygen atoms in total. The minimum atomic E-state index is 0.219. The van der Waals surface area contributed by atoms with E-state index in [1.165, 1.54) is 4.70 Å². The maximum absolute atomic E-state index is 5.68. The Labute approximate surface area is 99.5 Å². The van der Waals surface area contributed by atoms with Gasteiger partial charge in [0.15, 0.2) is 0 Å². The smallest absolute Gasteiger partial charge is 0.120 e. The number of para-hydroxylation sites is 1. The number of rotatable bonds is 5. The van der Waals surface area contributed by atoms with Gasteiger partial charge in [-0.2, -0.15) is 0 Å². The SMILES string of the molecule is CNCC(C)OCc1nc2ccccc2s1. The molecular formula is C12H16N2OS. The van der Waals surface area contributed by atoms with Crippen LogP contribution >= 0.6 is 11.3 Å². The van der Waals surface area contributed by atoms with Crippen molar-refractivity contribution in [3.05, 3.63) is 29.3 Å². The normalized spacial score (nSPS) is 13.1. The van der Waals surface area contributed by atoms with Gasteiger partial charge in [-0.15, -0.1) is 11.3 Å². The Morgan fingerprint density at radius 3 is 3.00 bits per heavy atom. The maximum atomic E-state index is 5.68. The lowest BCUT2D eigenvalue weighted by Crippen LogP contribution is -2.23. The van der Waals surface area contributed by atoms with Crippen LogP contribution < -0.4 is 5.32 Å². The molecule has 1 atom stereocenters. The summed E-state index contributed by atoms with van der Waals surface area (Å²) >= 11 is 1.70. The van der Waals surface area contributed by atoms with E-state index in [1.807, 2.05) is 25.2 Å². The van der Waals surface area contributed by atoms with E-state index >= 15 is 0 Å². The molecule has 1 unspecified atom stereocenters. The van der Waals surface area contributed by atoms with E-state index in [0.717, 1.165) is 17.1 Å². The van der Waals surface area contributed by atoms with Crippen molar-refractivity contribution in [2.75, 3.05) is 13.6 Å². The number of fused-ring (bicyclic) bond motifs is 1. The summed E-state index contributed by atoms with van der Waals surface area (Å²) in [6.07, 6.45) is 0.219. The lowest BCUT2D eigenvalue weighted by molar-refractivity contribution is 0.0545. The van der Waals surface area contributed by atoms with Gasteiger partial charge in [0.25, 0.3) is 0 Å². The first-order valence-electron chi connectivity index (χ1n) is 5.40. The van der Waals surface area contributed by atoms with Crippen LogP contribution in [0.2, 0.25) is 0 Å². The van der Waals surface area contributed by atoms with Gasteiger partial charge in [-0.1, -0.05) is 12.1 Å². The van der Waals surface area contributed by atoms with E-state index in [2.05, 4.69) is 23.3 Å². The van der Waals surface area contributed by atoms with Crippen LogP contribution in [-0.4, -0.2) is 24.7 Å². The average molecular weight is 236 g/mol. The van der Waals surface area contributed by atoms with E-state index < -0.39 is 0 Å². The Morgan fingerprint density at radius 2 is 2.25 bits per heavy atom. The highest BCUT2D eigenvalue weighted by atomic mass is 32.1. The van der Waals surface area contributed by atoms with Crippen molar-refractivity contribution < 1.29 is 4.74 Å². The molecule has 86 valence electrons. The van der Waals surface area contributed by atoms with Crippen LogP contribution in [-0.2, 0) is 11.3 Å². The van der Waals surface area contributed by atoms with Crippen LogP contribution in [0, 0.1) is 0 Å². The zero-order valence-electron chi connectivity index (χ0n) is 9.56. The van der Waals surface area contributed by atoms with Crippen molar-refractivity contribution in [2.45, 2.75) is 19.6 Å². The number of benzene rings is 1. The summed E-state index contributed by atoms with van der Waals surface area (Å²) in [6.45, 7) is 3.52. The van der Waals surface area contributed by atoms with Gasteiger partial charge >= 0.3 is 0 Å². The summed E-state index contributed by atoms with van der Waals surface area (Å²) in [5.74, 6) is 0. The molecular weight excluding hydrogens is 220 g/mol. The van der Waals surface area contributed by atoms with Gasteiger partial charge in [-0.3, -0.25) is 0 Å². The highest BCUT2D eigenvalue weighted by Gasteiger charge is 2.05. The molecule has 1 aromatic carbocycles. The molecule has 16 heavy (non-hydrogen) atoms. The minimum Gasteiger partial charge on any atom is -0.370 e. The third-order valence-corrected chi connectivity index (χ3v) is 3.33. The van der Waals surface area contributed by atoms with Crippen molar-refractivity contribution >= 4 is 21.6 Å². The second kappa shape index (κ2) is 5.39. The molecule has 0 amide bonds. The van der Waals surface area contributed by atoms with Crippen molar-refractivity contribution in [1.29, 1.82) is 0 Å². The van der Waals surface area contributed by atoms with Crippen molar-refractivity contribution in [1.82, 2.24) is 10.3 Å². The molecule has 0 fully saturated rings. The van der Waals surface area contributed by atoms with Crippen molar-refractivity contribution in [3.63, 3.8) is 0 Å².